The Morgan fingerprint density at radius 1 is 0.457 bits per heavy atom. The van der Waals surface area contributed by atoms with Crippen molar-refractivity contribution in [2.45, 2.75) is 84.9 Å². The van der Waals surface area contributed by atoms with Crippen molar-refractivity contribution < 1.29 is 54.8 Å². The summed E-state index contributed by atoms with van der Waals surface area (Å²) in [5.41, 5.74) is 9.56. The third-order valence-electron chi connectivity index (χ3n) is 4.53. The number of hydrogen-bond donors (Lipinski definition) is 0. The smallest absolute Gasteiger partial charge is 0.211 e. The van der Waals surface area contributed by atoms with Crippen molar-refractivity contribution in [1.82, 2.24) is 0 Å². The molecule has 0 saturated carbocycles. The van der Waals surface area contributed by atoms with Crippen LogP contribution in [0.2, 0.25) is 65.5 Å². The van der Waals surface area contributed by atoms with E-state index in [1.54, 1.807) is 0 Å². The largest absolute Gasteiger partial charge is 0.449 e. The molecular formula is C25H54O3Pt2Si5. The zero-order valence-corrected chi connectivity index (χ0v) is 34.1. The van der Waals surface area contributed by atoms with E-state index < -0.39 is 41.6 Å². The molecule has 0 fully saturated rings. The molecule has 10 heteroatoms. The first kappa shape index (κ1) is 45.7. The molecule has 0 bridgehead atoms. The van der Waals surface area contributed by atoms with E-state index in [0.29, 0.717) is 0 Å². The summed E-state index contributed by atoms with van der Waals surface area (Å²) in [6.07, 6.45) is 1.82. The number of hydrogen-bond acceptors (Lipinski definition) is 3. The van der Waals surface area contributed by atoms with Gasteiger partial charge in [0.05, 0.1) is 5.60 Å². The van der Waals surface area contributed by atoms with Gasteiger partial charge in [0.15, 0.2) is 33.3 Å². The molecule has 0 radical (unpaired) electrons. The van der Waals surface area contributed by atoms with Crippen molar-refractivity contribution in [3.05, 3.63) is 74.0 Å². The summed E-state index contributed by atoms with van der Waals surface area (Å²) in [6.45, 7) is 48.0. The van der Waals surface area contributed by atoms with Gasteiger partial charge in [-0.25, -0.2) is 0 Å². The Bertz CT molecular complexity index is 530. The Kier molecular flexibility index (Phi) is 24.7. The predicted molar refractivity (Wildman–Crippen MR) is 166 cm³/mol. The van der Waals surface area contributed by atoms with Crippen molar-refractivity contribution >= 4 is 41.6 Å². The van der Waals surface area contributed by atoms with Crippen LogP contribution in [-0.4, -0.2) is 47.2 Å². The normalized spacial score (nSPS) is 12.0. The van der Waals surface area contributed by atoms with Gasteiger partial charge >= 0.3 is 0 Å². The SMILES string of the molecule is C=CC(C)(C)O[Si](C)(C)C=C.C=C[Si](C)(C)O[Si](C)(C)C=C.C=C[Si](C)(C)O[Si](C)(C)C=C.[Pt].[Pt]. The molecule has 0 aromatic carbocycles. The molecule has 212 valence electrons. The fraction of sp³-hybridized carbons (Fsp3) is 0.520. The van der Waals surface area contributed by atoms with E-state index in [2.05, 4.69) is 105 Å². The van der Waals surface area contributed by atoms with Crippen LogP contribution in [0.3, 0.4) is 0 Å². The first-order valence-corrected chi connectivity index (χ1v) is 26.3. The van der Waals surface area contributed by atoms with Gasteiger partial charge in [-0.1, -0.05) is 34.6 Å². The van der Waals surface area contributed by atoms with Gasteiger partial charge in [0, 0.05) is 42.1 Å². The van der Waals surface area contributed by atoms with E-state index in [9.17, 15) is 0 Å². The third-order valence-corrected chi connectivity index (χ3v) is 18.9. The van der Waals surface area contributed by atoms with E-state index in [0.717, 1.165) is 0 Å². The summed E-state index contributed by atoms with van der Waals surface area (Å²) < 4.78 is 17.8. The number of rotatable bonds is 12. The molecule has 0 N–H and O–H groups in total. The molecule has 0 aliphatic rings. The van der Waals surface area contributed by atoms with Gasteiger partial charge in [0.25, 0.3) is 0 Å². The molecule has 0 heterocycles. The molecule has 35 heavy (non-hydrogen) atoms. The fourth-order valence-corrected chi connectivity index (χ4v) is 16.0. The van der Waals surface area contributed by atoms with Gasteiger partial charge in [0.1, 0.15) is 0 Å². The summed E-state index contributed by atoms with van der Waals surface area (Å²) in [5, 5.41) is 0. The molecule has 0 aromatic rings. The molecule has 0 spiro atoms. The summed E-state index contributed by atoms with van der Waals surface area (Å²) in [5.74, 6) is 0. The van der Waals surface area contributed by atoms with Crippen LogP contribution in [0.4, 0.5) is 0 Å². The second-order valence-corrected chi connectivity index (χ2v) is 31.1. The molecule has 0 amide bonds. The zero-order valence-electron chi connectivity index (χ0n) is 24.6. The maximum Gasteiger partial charge on any atom is 0.211 e. The zero-order chi connectivity index (χ0) is 27.4. The summed E-state index contributed by atoms with van der Waals surface area (Å²) in [4.78, 5) is 0. The molecule has 0 atom stereocenters. The first-order chi connectivity index (χ1) is 14.5. The van der Waals surface area contributed by atoms with Crippen LogP contribution in [0, 0.1) is 0 Å². The minimum atomic E-state index is -1.64. The predicted octanol–water partition coefficient (Wildman–Crippen LogP) is 8.62. The van der Waals surface area contributed by atoms with Crippen LogP contribution >= 0.6 is 0 Å². The molecule has 0 aliphatic carbocycles. The van der Waals surface area contributed by atoms with Gasteiger partial charge < -0.3 is 12.7 Å². The summed E-state index contributed by atoms with van der Waals surface area (Å²) >= 11 is 0. The Labute approximate surface area is 253 Å². The average molecular weight is 933 g/mol. The Morgan fingerprint density at radius 3 is 0.800 bits per heavy atom. The molecule has 0 aromatic heterocycles. The van der Waals surface area contributed by atoms with Crippen LogP contribution in [-0.2, 0) is 54.8 Å². The topological polar surface area (TPSA) is 27.7 Å². The first-order valence-electron chi connectivity index (χ1n) is 11.4. The molecule has 0 saturated heterocycles. The molecule has 0 aliphatic heterocycles. The Hall–Kier alpha value is 0.781. The quantitative estimate of drug-likeness (QED) is 0.145. The van der Waals surface area contributed by atoms with Crippen molar-refractivity contribution in [2.24, 2.45) is 0 Å². The van der Waals surface area contributed by atoms with E-state index >= 15 is 0 Å². The summed E-state index contributed by atoms with van der Waals surface area (Å²) in [6, 6.07) is 0. The minimum absolute atomic E-state index is 0. The Morgan fingerprint density at radius 2 is 0.657 bits per heavy atom. The van der Waals surface area contributed by atoms with Crippen molar-refractivity contribution in [3.8, 4) is 0 Å². The van der Waals surface area contributed by atoms with Crippen LogP contribution < -0.4 is 0 Å². The van der Waals surface area contributed by atoms with Crippen LogP contribution in [0.25, 0.3) is 0 Å². The van der Waals surface area contributed by atoms with E-state index in [-0.39, 0.29) is 47.7 Å². The van der Waals surface area contributed by atoms with Crippen molar-refractivity contribution in [1.29, 1.82) is 0 Å². The van der Waals surface area contributed by atoms with Gasteiger partial charge in [0.2, 0.25) is 8.32 Å². The van der Waals surface area contributed by atoms with Crippen LogP contribution in [0.15, 0.2) is 74.0 Å². The average Bonchev–Trinajstić information content (AvgIpc) is 2.67. The van der Waals surface area contributed by atoms with Crippen molar-refractivity contribution in [3.63, 3.8) is 0 Å². The van der Waals surface area contributed by atoms with Crippen LogP contribution in [0.1, 0.15) is 13.8 Å². The van der Waals surface area contributed by atoms with Crippen molar-refractivity contribution in [2.75, 3.05) is 0 Å². The molecule has 0 rings (SSSR count). The maximum absolute atomic E-state index is 5.97. The van der Waals surface area contributed by atoms with E-state index in [4.69, 9.17) is 12.7 Å². The van der Waals surface area contributed by atoms with Gasteiger partial charge in [-0.05, 0) is 79.3 Å². The second-order valence-electron chi connectivity index (χ2n) is 11.2. The summed E-state index contributed by atoms with van der Waals surface area (Å²) in [7, 11) is -7.96. The second kappa shape index (κ2) is 18.9. The maximum atomic E-state index is 5.97. The minimum Gasteiger partial charge on any atom is -0.449 e. The van der Waals surface area contributed by atoms with Gasteiger partial charge in [-0.15, -0.1) is 39.5 Å². The standard InChI is InChI=1S/C9H18OSi.2C8H18OSi2.2Pt/c1-7-9(3,4)10-11(5,6)8-2;2*1-7-10(3,4)9-11(5,6)8-2;;/h3*7-8H,1-2H2,3-6H3;;. The van der Waals surface area contributed by atoms with E-state index in [1.165, 1.54) is 0 Å². The molecular weight excluding hydrogens is 879 g/mol. The fourth-order valence-electron chi connectivity index (χ4n) is 2.28. The van der Waals surface area contributed by atoms with Crippen LogP contribution in [0.5, 0.6) is 0 Å². The van der Waals surface area contributed by atoms with E-state index in [1.807, 2.05) is 48.4 Å². The molecule has 0 unspecified atom stereocenters. The van der Waals surface area contributed by atoms with Gasteiger partial charge in [-0.3, -0.25) is 0 Å². The monoisotopic (exact) mass is 932 g/mol. The third kappa shape index (κ3) is 27.6. The van der Waals surface area contributed by atoms with Gasteiger partial charge in [-0.2, -0.15) is 0 Å². The molecule has 3 nitrogen and oxygen atoms in total. The Balaban J connectivity index is -0.000000125.